The molecule has 4 rings (SSSR count). The predicted molar refractivity (Wildman–Crippen MR) is 116 cm³/mol. The minimum Gasteiger partial charge on any atom is -0.312 e. The van der Waals surface area contributed by atoms with Gasteiger partial charge >= 0.3 is 6.18 Å². The molecule has 0 aliphatic rings. The Morgan fingerprint density at radius 3 is 2.35 bits per heavy atom. The number of nitrogens with zero attached hydrogens (tertiary/aromatic N) is 4. The molecule has 160 valence electrons. The van der Waals surface area contributed by atoms with Crippen LogP contribution in [-0.2, 0) is 20.3 Å². The van der Waals surface area contributed by atoms with E-state index >= 15 is 0 Å². The second-order valence-corrected chi connectivity index (χ2v) is 8.32. The molecule has 9 heteroatoms. The van der Waals surface area contributed by atoms with Crippen LogP contribution in [0.3, 0.4) is 0 Å². The summed E-state index contributed by atoms with van der Waals surface area (Å²) in [7, 11) is 3.52. The molecule has 31 heavy (non-hydrogen) atoms. The van der Waals surface area contributed by atoms with Gasteiger partial charge in [0.15, 0.2) is 5.82 Å². The largest absolute Gasteiger partial charge is 0.416 e. The Morgan fingerprint density at radius 1 is 1.00 bits per heavy atom. The topological polar surface area (TPSA) is 52.7 Å². The highest BCUT2D eigenvalue weighted by Crippen LogP contribution is 2.35. The Kier molecular flexibility index (Phi) is 5.38. The highest BCUT2D eigenvalue weighted by Gasteiger charge is 2.30. The standard InChI is InChI=1S/C22H19F3N4OS/c1-4-31-17-11-14(13-5-7-15(8-6-13)22(23,24)25)12-26-19(17)20-27-16-9-10-18(30)28(2)21(16)29(20)3/h5-12H,4H2,1-3H3. The third kappa shape index (κ3) is 3.85. The summed E-state index contributed by atoms with van der Waals surface area (Å²) >= 11 is 1.57. The number of pyridine rings is 2. The lowest BCUT2D eigenvalue weighted by atomic mass is 10.0. The molecule has 5 nitrogen and oxygen atoms in total. The first-order chi connectivity index (χ1) is 14.7. The van der Waals surface area contributed by atoms with Crippen molar-refractivity contribution in [2.75, 3.05) is 5.75 Å². The van der Waals surface area contributed by atoms with Crippen LogP contribution < -0.4 is 5.56 Å². The monoisotopic (exact) mass is 444 g/mol. The summed E-state index contributed by atoms with van der Waals surface area (Å²) in [4.78, 5) is 22.2. The lowest BCUT2D eigenvalue weighted by Gasteiger charge is -2.12. The van der Waals surface area contributed by atoms with Crippen LogP contribution in [0.1, 0.15) is 12.5 Å². The van der Waals surface area contributed by atoms with E-state index in [1.165, 1.54) is 22.8 Å². The fourth-order valence-electron chi connectivity index (χ4n) is 3.49. The van der Waals surface area contributed by atoms with Gasteiger partial charge in [0, 0.05) is 36.8 Å². The van der Waals surface area contributed by atoms with Crippen molar-refractivity contribution in [1.29, 1.82) is 0 Å². The quantitative estimate of drug-likeness (QED) is 0.410. The number of rotatable bonds is 4. The lowest BCUT2D eigenvalue weighted by Crippen LogP contribution is -2.16. The Balaban J connectivity index is 1.82. The smallest absolute Gasteiger partial charge is 0.312 e. The maximum absolute atomic E-state index is 12.9. The minimum atomic E-state index is -4.37. The van der Waals surface area contributed by atoms with E-state index in [0.717, 1.165) is 28.3 Å². The van der Waals surface area contributed by atoms with Crippen LogP contribution in [0.4, 0.5) is 13.2 Å². The molecule has 0 radical (unpaired) electrons. The number of benzene rings is 1. The molecule has 0 saturated carbocycles. The molecule has 3 aromatic heterocycles. The van der Waals surface area contributed by atoms with Gasteiger partial charge in [0.2, 0.25) is 0 Å². The van der Waals surface area contributed by atoms with Gasteiger partial charge in [-0.25, -0.2) is 4.98 Å². The van der Waals surface area contributed by atoms with Crippen LogP contribution in [0.5, 0.6) is 0 Å². The van der Waals surface area contributed by atoms with E-state index in [-0.39, 0.29) is 5.56 Å². The van der Waals surface area contributed by atoms with Crippen molar-refractivity contribution < 1.29 is 13.2 Å². The third-order valence-electron chi connectivity index (χ3n) is 5.03. The number of hydrogen-bond donors (Lipinski definition) is 0. The number of halogens is 3. The number of imidazole rings is 1. The zero-order valence-electron chi connectivity index (χ0n) is 17.1. The molecule has 0 saturated heterocycles. The second-order valence-electron chi connectivity index (χ2n) is 7.01. The van der Waals surface area contributed by atoms with E-state index in [0.29, 0.717) is 28.2 Å². The number of aromatic nitrogens is 4. The van der Waals surface area contributed by atoms with Crippen molar-refractivity contribution in [3.8, 4) is 22.6 Å². The average molecular weight is 444 g/mol. The highest BCUT2D eigenvalue weighted by atomic mass is 32.2. The summed E-state index contributed by atoms with van der Waals surface area (Å²) in [6.45, 7) is 2.01. The van der Waals surface area contributed by atoms with E-state index in [1.807, 2.05) is 24.6 Å². The maximum Gasteiger partial charge on any atom is 0.416 e. The molecule has 0 unspecified atom stereocenters. The number of alkyl halides is 3. The Morgan fingerprint density at radius 2 is 1.71 bits per heavy atom. The van der Waals surface area contributed by atoms with Crippen molar-refractivity contribution in [3.05, 3.63) is 64.6 Å². The van der Waals surface area contributed by atoms with Crippen LogP contribution in [-0.4, -0.2) is 24.9 Å². The number of fused-ring (bicyclic) bond motifs is 1. The molecular formula is C22H19F3N4OS. The molecule has 0 bridgehead atoms. The van der Waals surface area contributed by atoms with Gasteiger partial charge in [0.1, 0.15) is 16.9 Å². The third-order valence-corrected chi connectivity index (χ3v) is 5.94. The SMILES string of the molecule is CCSc1cc(-c2ccc(C(F)(F)F)cc2)cnc1-c1nc2ccc(=O)n(C)c2n1C. The first-order valence-corrected chi connectivity index (χ1v) is 10.5. The molecule has 3 heterocycles. The number of thioether (sulfide) groups is 1. The molecule has 0 aliphatic carbocycles. The average Bonchev–Trinajstić information content (AvgIpc) is 3.07. The summed E-state index contributed by atoms with van der Waals surface area (Å²) in [6, 6.07) is 10.1. The van der Waals surface area contributed by atoms with Crippen LogP contribution in [0.25, 0.3) is 33.8 Å². The molecule has 0 atom stereocenters. The molecule has 0 N–H and O–H groups in total. The first-order valence-electron chi connectivity index (χ1n) is 9.54. The Labute approximate surface area is 180 Å². The van der Waals surface area contributed by atoms with Gasteiger partial charge in [-0.15, -0.1) is 11.8 Å². The van der Waals surface area contributed by atoms with E-state index in [9.17, 15) is 18.0 Å². The van der Waals surface area contributed by atoms with Gasteiger partial charge in [-0.2, -0.15) is 13.2 Å². The van der Waals surface area contributed by atoms with Crippen molar-refractivity contribution in [2.45, 2.75) is 18.0 Å². The Bertz CT molecular complexity index is 1320. The molecule has 4 aromatic rings. The van der Waals surface area contributed by atoms with Gasteiger partial charge in [-0.05, 0) is 35.6 Å². The molecule has 0 aliphatic heterocycles. The van der Waals surface area contributed by atoms with Crippen molar-refractivity contribution in [1.82, 2.24) is 19.1 Å². The van der Waals surface area contributed by atoms with Crippen LogP contribution in [0, 0.1) is 0 Å². The summed E-state index contributed by atoms with van der Waals surface area (Å²) in [5, 5.41) is 0. The van der Waals surface area contributed by atoms with Gasteiger partial charge in [0.25, 0.3) is 5.56 Å². The molecule has 1 aromatic carbocycles. The Hall–Kier alpha value is -3.07. The van der Waals surface area contributed by atoms with E-state index < -0.39 is 11.7 Å². The van der Waals surface area contributed by atoms with Gasteiger partial charge in [0.05, 0.1) is 5.56 Å². The van der Waals surface area contributed by atoms with Gasteiger partial charge < -0.3 is 4.57 Å². The van der Waals surface area contributed by atoms with E-state index in [4.69, 9.17) is 0 Å². The molecule has 0 spiro atoms. The molecule has 0 fully saturated rings. The molecular weight excluding hydrogens is 425 g/mol. The van der Waals surface area contributed by atoms with Crippen molar-refractivity contribution in [2.24, 2.45) is 14.1 Å². The lowest BCUT2D eigenvalue weighted by molar-refractivity contribution is -0.137. The van der Waals surface area contributed by atoms with Crippen LogP contribution in [0.2, 0.25) is 0 Å². The fraction of sp³-hybridized carbons (Fsp3) is 0.227. The van der Waals surface area contributed by atoms with Crippen molar-refractivity contribution >= 4 is 22.9 Å². The zero-order valence-corrected chi connectivity index (χ0v) is 17.9. The van der Waals surface area contributed by atoms with E-state index in [2.05, 4.69) is 9.97 Å². The first kappa shape index (κ1) is 21.2. The summed E-state index contributed by atoms with van der Waals surface area (Å²) in [6.07, 6.45) is -2.74. The summed E-state index contributed by atoms with van der Waals surface area (Å²) < 4.78 is 41.9. The van der Waals surface area contributed by atoms with Gasteiger partial charge in [-0.1, -0.05) is 19.1 Å². The summed E-state index contributed by atoms with van der Waals surface area (Å²) in [5.74, 6) is 1.40. The normalized spacial score (nSPS) is 11.9. The van der Waals surface area contributed by atoms with Gasteiger partial charge in [-0.3, -0.25) is 14.3 Å². The minimum absolute atomic E-state index is 0.129. The van der Waals surface area contributed by atoms with Crippen LogP contribution >= 0.6 is 11.8 Å². The van der Waals surface area contributed by atoms with Crippen LogP contribution in [0.15, 0.2) is 58.4 Å². The fourth-order valence-corrected chi connectivity index (χ4v) is 4.29. The maximum atomic E-state index is 12.9. The number of aryl methyl sites for hydroxylation is 2. The number of hydrogen-bond acceptors (Lipinski definition) is 4. The highest BCUT2D eigenvalue weighted by molar-refractivity contribution is 7.99. The zero-order chi connectivity index (χ0) is 22.3. The van der Waals surface area contributed by atoms with E-state index in [1.54, 1.807) is 31.1 Å². The summed E-state index contributed by atoms with van der Waals surface area (Å²) in [5.41, 5.74) is 2.58. The second kappa shape index (κ2) is 7.88. The predicted octanol–water partition coefficient (Wildman–Crippen LogP) is 5.13. The molecule has 0 amide bonds. The van der Waals surface area contributed by atoms with Crippen molar-refractivity contribution in [3.63, 3.8) is 0 Å².